The zero-order valence-electron chi connectivity index (χ0n) is 9.29. The molecule has 3 aromatic rings. The molecule has 0 saturated carbocycles. The van der Waals surface area contributed by atoms with Crippen LogP contribution in [0.15, 0.2) is 41.5 Å². The normalized spacial score (nSPS) is 10.7. The first-order valence-corrected chi connectivity index (χ1v) is 5.31. The molecular weight excluding hydrogens is 230 g/mol. The van der Waals surface area contributed by atoms with Crippen molar-refractivity contribution in [2.24, 2.45) is 0 Å². The Morgan fingerprint density at radius 2 is 2.00 bits per heavy atom. The van der Waals surface area contributed by atoms with Gasteiger partial charge in [-0.05, 0) is 6.07 Å². The number of aromatic nitrogens is 4. The minimum absolute atomic E-state index is 0.119. The van der Waals surface area contributed by atoms with E-state index in [2.05, 4.69) is 19.9 Å². The molecule has 3 N–H and O–H groups in total. The number of nitrogens with zero attached hydrogens (tertiary/aromatic N) is 3. The fourth-order valence-electron chi connectivity index (χ4n) is 1.69. The topological polar surface area (TPSA) is 97.5 Å². The summed E-state index contributed by atoms with van der Waals surface area (Å²) in [7, 11) is 0. The molecule has 2 aromatic heterocycles. The van der Waals surface area contributed by atoms with Crippen LogP contribution in [0.4, 0.5) is 5.82 Å². The van der Waals surface area contributed by atoms with E-state index in [1.54, 1.807) is 6.20 Å². The van der Waals surface area contributed by atoms with E-state index in [9.17, 15) is 4.79 Å². The fourth-order valence-corrected chi connectivity index (χ4v) is 1.69. The van der Waals surface area contributed by atoms with Crippen LogP contribution in [0.1, 0.15) is 0 Å². The van der Waals surface area contributed by atoms with E-state index in [1.165, 1.54) is 6.20 Å². The van der Waals surface area contributed by atoms with Crippen LogP contribution in [-0.4, -0.2) is 19.9 Å². The van der Waals surface area contributed by atoms with Gasteiger partial charge < -0.3 is 10.7 Å². The standard InChI is InChI=1S/C12H9N5O/c13-10-8(6-15-12(18)17-10)11-14-5-7-3-1-2-4-9(7)16-11/h1-6H,(H3,13,15,17,18). The van der Waals surface area contributed by atoms with Crippen LogP contribution < -0.4 is 11.4 Å². The van der Waals surface area contributed by atoms with Gasteiger partial charge in [-0.2, -0.15) is 4.98 Å². The number of nitrogens with one attached hydrogen (secondary N) is 1. The lowest BCUT2D eigenvalue weighted by molar-refractivity contribution is 1.07. The fraction of sp³-hybridized carbons (Fsp3) is 0. The predicted molar refractivity (Wildman–Crippen MR) is 67.8 cm³/mol. The summed E-state index contributed by atoms with van der Waals surface area (Å²) in [4.78, 5) is 25.7. The van der Waals surface area contributed by atoms with Gasteiger partial charge in [-0.3, -0.25) is 0 Å². The van der Waals surface area contributed by atoms with Crippen molar-refractivity contribution in [2.75, 3.05) is 5.73 Å². The third kappa shape index (κ3) is 1.69. The number of para-hydroxylation sites is 1. The molecule has 88 valence electrons. The van der Waals surface area contributed by atoms with E-state index in [4.69, 9.17) is 5.73 Å². The molecule has 0 saturated heterocycles. The SMILES string of the molecule is Nc1nc(=O)[nH]cc1-c1ncc2ccccc2n1. The molecule has 6 nitrogen and oxygen atoms in total. The first kappa shape index (κ1) is 10.4. The lowest BCUT2D eigenvalue weighted by Gasteiger charge is -2.03. The summed E-state index contributed by atoms with van der Waals surface area (Å²) in [6.07, 6.45) is 3.18. The second kappa shape index (κ2) is 3.92. The molecule has 2 heterocycles. The second-order valence-corrected chi connectivity index (χ2v) is 3.76. The first-order valence-electron chi connectivity index (χ1n) is 5.31. The Bertz CT molecular complexity index is 781. The Hall–Kier alpha value is -2.76. The summed E-state index contributed by atoms with van der Waals surface area (Å²) < 4.78 is 0. The molecule has 18 heavy (non-hydrogen) atoms. The number of fused-ring (bicyclic) bond motifs is 1. The number of H-pyrrole nitrogens is 1. The van der Waals surface area contributed by atoms with Crippen LogP contribution in [0.3, 0.4) is 0 Å². The number of nitrogen functional groups attached to an aromatic ring is 1. The molecule has 0 unspecified atom stereocenters. The van der Waals surface area contributed by atoms with Crippen molar-refractivity contribution in [1.82, 2.24) is 19.9 Å². The highest BCUT2D eigenvalue weighted by atomic mass is 16.1. The van der Waals surface area contributed by atoms with Gasteiger partial charge in [-0.1, -0.05) is 18.2 Å². The largest absolute Gasteiger partial charge is 0.383 e. The maximum atomic E-state index is 11.0. The van der Waals surface area contributed by atoms with Crippen molar-refractivity contribution in [3.63, 3.8) is 0 Å². The van der Waals surface area contributed by atoms with E-state index in [-0.39, 0.29) is 5.82 Å². The van der Waals surface area contributed by atoms with Crippen LogP contribution >= 0.6 is 0 Å². The van der Waals surface area contributed by atoms with Gasteiger partial charge in [0.2, 0.25) is 0 Å². The van der Waals surface area contributed by atoms with Crippen LogP contribution in [0, 0.1) is 0 Å². The molecule has 0 spiro atoms. The Morgan fingerprint density at radius 1 is 1.17 bits per heavy atom. The number of aromatic amines is 1. The van der Waals surface area contributed by atoms with Gasteiger partial charge in [0.25, 0.3) is 0 Å². The maximum Gasteiger partial charge on any atom is 0.346 e. The lowest BCUT2D eigenvalue weighted by Crippen LogP contribution is -2.13. The smallest absolute Gasteiger partial charge is 0.346 e. The Labute approximate surface area is 102 Å². The Kier molecular flexibility index (Phi) is 2.26. The average Bonchev–Trinajstić information content (AvgIpc) is 2.38. The molecule has 0 amide bonds. The molecule has 0 aliphatic carbocycles. The van der Waals surface area contributed by atoms with Crippen molar-refractivity contribution in [1.29, 1.82) is 0 Å². The molecule has 0 aliphatic rings. The molecule has 3 rings (SSSR count). The maximum absolute atomic E-state index is 11.0. The summed E-state index contributed by atoms with van der Waals surface area (Å²) in [6, 6.07) is 7.62. The van der Waals surface area contributed by atoms with E-state index < -0.39 is 5.69 Å². The quantitative estimate of drug-likeness (QED) is 0.659. The second-order valence-electron chi connectivity index (χ2n) is 3.76. The van der Waals surface area contributed by atoms with E-state index in [0.717, 1.165) is 10.9 Å². The molecule has 1 aromatic carbocycles. The highest BCUT2D eigenvalue weighted by Gasteiger charge is 2.08. The van der Waals surface area contributed by atoms with Crippen molar-refractivity contribution >= 4 is 16.7 Å². The summed E-state index contributed by atoms with van der Waals surface area (Å²) in [5.41, 5.74) is 6.52. The first-order chi connectivity index (χ1) is 8.74. The highest BCUT2D eigenvalue weighted by molar-refractivity contribution is 5.80. The minimum atomic E-state index is -0.489. The number of hydrogen-bond donors (Lipinski definition) is 2. The highest BCUT2D eigenvalue weighted by Crippen LogP contribution is 2.20. The monoisotopic (exact) mass is 239 g/mol. The molecule has 0 radical (unpaired) electrons. The molecule has 6 heteroatoms. The zero-order valence-corrected chi connectivity index (χ0v) is 9.29. The number of nitrogens with two attached hydrogens (primary N) is 1. The summed E-state index contributed by atoms with van der Waals surface area (Å²) >= 11 is 0. The van der Waals surface area contributed by atoms with Gasteiger partial charge in [0.05, 0.1) is 11.1 Å². The third-order valence-corrected chi connectivity index (χ3v) is 2.57. The van der Waals surface area contributed by atoms with Crippen molar-refractivity contribution in [3.8, 4) is 11.4 Å². The van der Waals surface area contributed by atoms with Crippen LogP contribution in [0.25, 0.3) is 22.3 Å². The minimum Gasteiger partial charge on any atom is -0.383 e. The Morgan fingerprint density at radius 3 is 2.83 bits per heavy atom. The van der Waals surface area contributed by atoms with E-state index in [0.29, 0.717) is 11.4 Å². The summed E-state index contributed by atoms with van der Waals surface area (Å²) in [5.74, 6) is 0.559. The van der Waals surface area contributed by atoms with Crippen LogP contribution in [0.5, 0.6) is 0 Å². The molecule has 0 fully saturated rings. The average molecular weight is 239 g/mol. The molecular formula is C12H9N5O. The van der Waals surface area contributed by atoms with Crippen molar-refractivity contribution < 1.29 is 0 Å². The summed E-state index contributed by atoms with van der Waals surface area (Å²) in [5, 5.41) is 0.942. The van der Waals surface area contributed by atoms with E-state index >= 15 is 0 Å². The van der Waals surface area contributed by atoms with Crippen LogP contribution in [-0.2, 0) is 0 Å². The predicted octanol–water partition coefficient (Wildman–Crippen LogP) is 0.962. The lowest BCUT2D eigenvalue weighted by atomic mass is 10.2. The third-order valence-electron chi connectivity index (χ3n) is 2.57. The molecule has 0 bridgehead atoms. The van der Waals surface area contributed by atoms with Crippen molar-refractivity contribution in [3.05, 3.63) is 47.1 Å². The molecule has 0 aliphatic heterocycles. The van der Waals surface area contributed by atoms with Gasteiger partial charge in [-0.15, -0.1) is 0 Å². The van der Waals surface area contributed by atoms with Crippen molar-refractivity contribution in [2.45, 2.75) is 0 Å². The van der Waals surface area contributed by atoms with Gasteiger partial charge in [-0.25, -0.2) is 14.8 Å². The number of hydrogen-bond acceptors (Lipinski definition) is 5. The number of benzene rings is 1. The van der Waals surface area contributed by atoms with Crippen LogP contribution in [0.2, 0.25) is 0 Å². The summed E-state index contributed by atoms with van der Waals surface area (Å²) in [6.45, 7) is 0. The van der Waals surface area contributed by atoms with Gasteiger partial charge in [0.15, 0.2) is 5.82 Å². The van der Waals surface area contributed by atoms with E-state index in [1.807, 2.05) is 24.3 Å². The number of rotatable bonds is 1. The van der Waals surface area contributed by atoms with Gasteiger partial charge >= 0.3 is 5.69 Å². The number of anilines is 1. The van der Waals surface area contributed by atoms with Gasteiger partial charge in [0, 0.05) is 17.8 Å². The zero-order chi connectivity index (χ0) is 12.5. The Balaban J connectivity index is 2.22. The van der Waals surface area contributed by atoms with Gasteiger partial charge in [0.1, 0.15) is 5.82 Å². The molecule has 0 atom stereocenters.